The maximum Gasteiger partial charge on any atom is 0.323 e. The summed E-state index contributed by atoms with van der Waals surface area (Å²) in [6.45, 7) is 3.47. The predicted molar refractivity (Wildman–Crippen MR) is 124 cm³/mol. The SMILES string of the molecule is Cc1ccc(-n2nnnc2N2CCc3c(cccc3NC(=O)Nc3ccccc3)C2)cc1. The van der Waals surface area contributed by atoms with E-state index in [-0.39, 0.29) is 6.03 Å². The van der Waals surface area contributed by atoms with Crippen LogP contribution in [-0.2, 0) is 13.0 Å². The lowest BCUT2D eigenvalue weighted by atomic mass is 9.98. The first kappa shape index (κ1) is 19.7. The number of nitrogens with zero attached hydrogens (tertiary/aromatic N) is 5. The van der Waals surface area contributed by atoms with Gasteiger partial charge < -0.3 is 15.5 Å². The molecule has 0 radical (unpaired) electrons. The smallest absolute Gasteiger partial charge is 0.323 e. The molecular formula is C24H23N7O. The molecule has 0 spiro atoms. The van der Waals surface area contributed by atoms with Crippen LogP contribution in [0.3, 0.4) is 0 Å². The third-order valence-electron chi connectivity index (χ3n) is 5.56. The Hall–Kier alpha value is -4.20. The van der Waals surface area contributed by atoms with Crippen molar-refractivity contribution in [1.82, 2.24) is 20.2 Å². The van der Waals surface area contributed by atoms with Gasteiger partial charge in [0, 0.05) is 24.5 Å². The van der Waals surface area contributed by atoms with E-state index in [1.54, 1.807) is 4.68 Å². The number of urea groups is 1. The topological polar surface area (TPSA) is 88.0 Å². The van der Waals surface area contributed by atoms with Gasteiger partial charge >= 0.3 is 6.03 Å². The molecule has 32 heavy (non-hydrogen) atoms. The molecule has 0 atom stereocenters. The van der Waals surface area contributed by atoms with Crippen LogP contribution >= 0.6 is 0 Å². The zero-order valence-electron chi connectivity index (χ0n) is 17.7. The van der Waals surface area contributed by atoms with Crippen molar-refractivity contribution in [1.29, 1.82) is 0 Å². The van der Waals surface area contributed by atoms with Crippen molar-refractivity contribution in [3.05, 3.63) is 89.5 Å². The Labute approximate surface area is 185 Å². The van der Waals surface area contributed by atoms with Crippen LogP contribution in [0.4, 0.5) is 22.1 Å². The summed E-state index contributed by atoms with van der Waals surface area (Å²) in [6.07, 6.45) is 0.776. The first-order valence-corrected chi connectivity index (χ1v) is 10.5. The van der Waals surface area contributed by atoms with Gasteiger partial charge in [0.2, 0.25) is 0 Å². The molecule has 8 heteroatoms. The molecule has 0 saturated carbocycles. The highest BCUT2D eigenvalue weighted by Gasteiger charge is 2.24. The number of carbonyl (C=O) groups is 1. The van der Waals surface area contributed by atoms with Crippen LogP contribution in [-0.4, -0.2) is 32.8 Å². The fourth-order valence-electron chi connectivity index (χ4n) is 3.94. The number of aromatic nitrogens is 4. The summed E-state index contributed by atoms with van der Waals surface area (Å²) in [7, 11) is 0. The average molecular weight is 425 g/mol. The Morgan fingerprint density at radius 1 is 0.938 bits per heavy atom. The van der Waals surface area contributed by atoms with Gasteiger partial charge in [-0.05, 0) is 65.2 Å². The van der Waals surface area contributed by atoms with E-state index in [2.05, 4.69) is 44.0 Å². The summed E-state index contributed by atoms with van der Waals surface area (Å²) in [5.74, 6) is 0.708. The number of anilines is 3. The first-order valence-electron chi connectivity index (χ1n) is 10.5. The Morgan fingerprint density at radius 2 is 1.75 bits per heavy atom. The Morgan fingerprint density at radius 3 is 2.56 bits per heavy atom. The minimum absolute atomic E-state index is 0.254. The van der Waals surface area contributed by atoms with Crippen LogP contribution in [0.2, 0.25) is 0 Å². The Balaban J connectivity index is 1.34. The molecule has 5 rings (SSSR count). The van der Waals surface area contributed by atoms with Crippen molar-refractivity contribution >= 4 is 23.4 Å². The minimum atomic E-state index is -0.254. The highest BCUT2D eigenvalue weighted by Crippen LogP contribution is 2.29. The molecule has 1 aliphatic rings. The summed E-state index contributed by atoms with van der Waals surface area (Å²) in [5.41, 5.74) is 5.98. The third-order valence-corrected chi connectivity index (χ3v) is 5.56. The van der Waals surface area contributed by atoms with Crippen LogP contribution in [0, 0.1) is 6.92 Å². The van der Waals surface area contributed by atoms with Crippen molar-refractivity contribution in [2.75, 3.05) is 22.1 Å². The van der Waals surface area contributed by atoms with Gasteiger partial charge in [-0.25, -0.2) is 4.79 Å². The fourth-order valence-corrected chi connectivity index (χ4v) is 3.94. The summed E-state index contributed by atoms with van der Waals surface area (Å²) < 4.78 is 1.76. The van der Waals surface area contributed by atoms with Gasteiger partial charge in [-0.2, -0.15) is 4.68 Å². The third kappa shape index (κ3) is 4.02. The number of amides is 2. The van der Waals surface area contributed by atoms with Crippen LogP contribution in [0.1, 0.15) is 16.7 Å². The number of nitrogens with one attached hydrogen (secondary N) is 2. The van der Waals surface area contributed by atoms with Crippen LogP contribution in [0.25, 0.3) is 5.69 Å². The summed E-state index contributed by atoms with van der Waals surface area (Å²) in [6, 6.07) is 23.3. The maximum atomic E-state index is 12.5. The van der Waals surface area contributed by atoms with Crippen LogP contribution in [0.5, 0.6) is 0 Å². The second kappa shape index (κ2) is 8.50. The summed E-state index contributed by atoms with van der Waals surface area (Å²) >= 11 is 0. The molecule has 3 aromatic carbocycles. The normalized spacial score (nSPS) is 12.8. The number of rotatable bonds is 4. The lowest BCUT2D eigenvalue weighted by Crippen LogP contribution is -2.33. The number of fused-ring (bicyclic) bond motifs is 1. The second-order valence-electron chi connectivity index (χ2n) is 7.79. The van der Waals surface area contributed by atoms with Crippen molar-refractivity contribution in [3.63, 3.8) is 0 Å². The molecule has 8 nitrogen and oxygen atoms in total. The van der Waals surface area contributed by atoms with E-state index in [1.165, 1.54) is 5.56 Å². The zero-order chi connectivity index (χ0) is 21.9. The molecule has 160 valence electrons. The number of carbonyl (C=O) groups excluding carboxylic acids is 1. The molecular weight excluding hydrogens is 402 g/mol. The van der Waals surface area contributed by atoms with Gasteiger partial charge in [0.1, 0.15) is 0 Å². The van der Waals surface area contributed by atoms with Gasteiger partial charge in [-0.1, -0.05) is 53.1 Å². The van der Waals surface area contributed by atoms with Crippen LogP contribution < -0.4 is 15.5 Å². The summed E-state index contributed by atoms with van der Waals surface area (Å²) in [5, 5.41) is 18.2. The van der Waals surface area contributed by atoms with Crippen molar-refractivity contribution in [3.8, 4) is 5.69 Å². The minimum Gasteiger partial charge on any atom is -0.335 e. The molecule has 0 bridgehead atoms. The van der Waals surface area contributed by atoms with E-state index in [4.69, 9.17) is 0 Å². The second-order valence-corrected chi connectivity index (χ2v) is 7.79. The highest BCUT2D eigenvalue weighted by atomic mass is 16.2. The maximum absolute atomic E-state index is 12.5. The van der Waals surface area contributed by atoms with Gasteiger partial charge in [0.05, 0.1) is 5.69 Å². The number of tetrazole rings is 1. The monoisotopic (exact) mass is 425 g/mol. The Bertz CT molecular complexity index is 1230. The van der Waals surface area contributed by atoms with E-state index >= 15 is 0 Å². The van der Waals surface area contributed by atoms with Crippen molar-refractivity contribution < 1.29 is 4.79 Å². The Kier molecular flexibility index (Phi) is 5.25. The van der Waals surface area contributed by atoms with Crippen molar-refractivity contribution in [2.24, 2.45) is 0 Å². The summed E-state index contributed by atoms with van der Waals surface area (Å²) in [4.78, 5) is 14.6. The number of hydrogen-bond donors (Lipinski definition) is 2. The molecule has 0 fully saturated rings. The number of benzene rings is 3. The standard InChI is InChI=1S/C24H23N7O/c1-17-10-12-20(13-11-17)31-24(27-28-29-31)30-15-14-21-18(16-30)6-5-9-22(21)26-23(32)25-19-7-3-2-4-8-19/h2-13H,14-16H2,1H3,(H2,25,26,32). The number of aryl methyl sites for hydroxylation is 1. The van der Waals surface area contributed by atoms with Gasteiger partial charge in [-0.15, -0.1) is 0 Å². The molecule has 1 aliphatic heterocycles. The van der Waals surface area contributed by atoms with Gasteiger partial charge in [0.15, 0.2) is 0 Å². The predicted octanol–water partition coefficient (Wildman–Crippen LogP) is 4.18. The average Bonchev–Trinajstić information content (AvgIpc) is 3.30. The van der Waals surface area contributed by atoms with Crippen LogP contribution in [0.15, 0.2) is 72.8 Å². The van der Waals surface area contributed by atoms with Gasteiger partial charge in [-0.3, -0.25) is 0 Å². The highest BCUT2D eigenvalue weighted by molar-refractivity contribution is 6.00. The fraction of sp³-hybridized carbons (Fsp3) is 0.167. The van der Waals surface area contributed by atoms with E-state index in [9.17, 15) is 4.79 Å². The van der Waals surface area contributed by atoms with Gasteiger partial charge in [0.25, 0.3) is 5.95 Å². The van der Waals surface area contributed by atoms with Crippen molar-refractivity contribution in [2.45, 2.75) is 19.9 Å². The lowest BCUT2D eigenvalue weighted by Gasteiger charge is -2.30. The lowest BCUT2D eigenvalue weighted by molar-refractivity contribution is 0.262. The molecule has 4 aromatic rings. The number of para-hydroxylation sites is 1. The zero-order valence-corrected chi connectivity index (χ0v) is 17.7. The van der Waals surface area contributed by atoms with E-state index < -0.39 is 0 Å². The molecule has 2 N–H and O–H groups in total. The molecule has 1 aromatic heterocycles. The number of hydrogen-bond acceptors (Lipinski definition) is 5. The molecule has 0 aliphatic carbocycles. The molecule has 2 heterocycles. The molecule has 2 amide bonds. The van der Waals surface area contributed by atoms with E-state index in [0.29, 0.717) is 12.5 Å². The van der Waals surface area contributed by atoms with E-state index in [1.807, 2.05) is 66.7 Å². The first-order chi connectivity index (χ1) is 15.7. The quantitative estimate of drug-likeness (QED) is 0.512. The molecule has 0 unspecified atom stereocenters. The van der Waals surface area contributed by atoms with E-state index in [0.717, 1.165) is 41.2 Å². The molecule has 0 saturated heterocycles. The largest absolute Gasteiger partial charge is 0.335 e.